The average Bonchev–Trinajstić information content (AvgIpc) is 2.73. The minimum atomic E-state index is -4.96. The molecule has 33 heavy (non-hydrogen) atoms. The second-order valence-electron chi connectivity index (χ2n) is 8.54. The minimum Gasteiger partial charge on any atom is -0.459 e. The monoisotopic (exact) mass is 482 g/mol. The molecule has 0 spiro atoms. The Balaban J connectivity index is 2.65. The van der Waals surface area contributed by atoms with Crippen molar-refractivity contribution in [2.45, 2.75) is 116 Å². The Labute approximate surface area is 193 Å². The van der Waals surface area contributed by atoms with Crippen molar-refractivity contribution in [1.82, 2.24) is 0 Å². The summed E-state index contributed by atoms with van der Waals surface area (Å²) in [6, 6.07) is 0.845. The maximum Gasteiger partial charge on any atom is 0.417 e. The third kappa shape index (κ3) is 11.3. The lowest BCUT2D eigenvalue weighted by molar-refractivity contribution is -0.141. The molecule has 0 bridgehead atoms. The highest BCUT2D eigenvalue weighted by atomic mass is 19.4. The average molecular weight is 483 g/mol. The van der Waals surface area contributed by atoms with E-state index in [0.29, 0.717) is 25.3 Å². The van der Waals surface area contributed by atoms with Gasteiger partial charge in [-0.05, 0) is 37.5 Å². The van der Waals surface area contributed by atoms with Gasteiger partial charge in [-0.1, -0.05) is 78.1 Å². The number of carbonyl (C=O) groups is 1. The van der Waals surface area contributed by atoms with Crippen LogP contribution < -0.4 is 0 Å². The number of rotatable bonds is 15. The van der Waals surface area contributed by atoms with Crippen LogP contribution in [0.15, 0.2) is 18.2 Å². The molecule has 0 radical (unpaired) electrons. The van der Waals surface area contributed by atoms with Crippen LogP contribution in [0.1, 0.15) is 119 Å². The highest BCUT2D eigenvalue weighted by molar-refractivity contribution is 5.91. The number of hydrogen-bond acceptors (Lipinski definition) is 2. The second-order valence-corrected chi connectivity index (χ2v) is 8.54. The lowest BCUT2D eigenvalue weighted by Crippen LogP contribution is -2.22. The molecule has 0 heterocycles. The Morgan fingerprint density at radius 2 is 1.30 bits per heavy atom. The standard InChI is InChI=1S/C25H36F6O2/c1-3-5-6-7-8-9-10-11-12-13-15-20(14-4-2)33-23(32)21-18-19(24(26,27)28)16-17-22(21)25(29,30)31/h16-18,20H,3-15H2,1-2H3. The fraction of sp³-hybridized carbons (Fsp3) is 0.720. The van der Waals surface area contributed by atoms with E-state index >= 15 is 0 Å². The summed E-state index contributed by atoms with van der Waals surface area (Å²) in [5, 5.41) is 0. The summed E-state index contributed by atoms with van der Waals surface area (Å²) in [6.45, 7) is 4.03. The second kappa shape index (κ2) is 14.5. The van der Waals surface area contributed by atoms with E-state index in [1.165, 1.54) is 38.5 Å². The van der Waals surface area contributed by atoms with Gasteiger partial charge < -0.3 is 4.74 Å². The third-order valence-corrected chi connectivity index (χ3v) is 5.64. The number of esters is 1. The van der Waals surface area contributed by atoms with Gasteiger partial charge in [0.05, 0.1) is 16.7 Å². The molecular formula is C25H36F6O2. The van der Waals surface area contributed by atoms with Gasteiger partial charge >= 0.3 is 18.3 Å². The Bertz CT molecular complexity index is 697. The number of ether oxygens (including phenoxy) is 1. The van der Waals surface area contributed by atoms with Crippen LogP contribution >= 0.6 is 0 Å². The molecule has 0 saturated carbocycles. The highest BCUT2D eigenvalue weighted by Gasteiger charge is 2.39. The molecule has 0 aliphatic carbocycles. The van der Waals surface area contributed by atoms with Crippen molar-refractivity contribution < 1.29 is 35.9 Å². The molecule has 0 saturated heterocycles. The molecule has 0 aromatic heterocycles. The molecule has 0 amide bonds. The van der Waals surface area contributed by atoms with E-state index in [1.807, 2.05) is 6.92 Å². The minimum absolute atomic E-state index is 0.231. The summed E-state index contributed by atoms with van der Waals surface area (Å²) in [5.41, 5.74) is -3.83. The molecule has 8 heteroatoms. The number of benzene rings is 1. The first kappa shape index (κ1) is 29.3. The molecule has 1 unspecified atom stereocenters. The van der Waals surface area contributed by atoms with Crippen LogP contribution in [0.4, 0.5) is 26.3 Å². The van der Waals surface area contributed by atoms with Gasteiger partial charge in [0, 0.05) is 0 Å². The number of unbranched alkanes of at least 4 members (excludes halogenated alkanes) is 9. The van der Waals surface area contributed by atoms with Gasteiger partial charge in [0.15, 0.2) is 0 Å². The van der Waals surface area contributed by atoms with Crippen molar-refractivity contribution in [3.8, 4) is 0 Å². The lowest BCUT2D eigenvalue weighted by Gasteiger charge is -2.20. The van der Waals surface area contributed by atoms with Crippen molar-refractivity contribution >= 4 is 5.97 Å². The van der Waals surface area contributed by atoms with Gasteiger partial charge in [-0.15, -0.1) is 0 Å². The Morgan fingerprint density at radius 1 is 0.758 bits per heavy atom. The third-order valence-electron chi connectivity index (χ3n) is 5.64. The van der Waals surface area contributed by atoms with Crippen LogP contribution in [0.2, 0.25) is 0 Å². The van der Waals surface area contributed by atoms with Crippen molar-refractivity contribution in [3.05, 3.63) is 34.9 Å². The van der Waals surface area contributed by atoms with E-state index < -0.39 is 41.1 Å². The van der Waals surface area contributed by atoms with Crippen LogP contribution in [-0.4, -0.2) is 12.1 Å². The van der Waals surface area contributed by atoms with Gasteiger partial charge in [0.2, 0.25) is 0 Å². The molecule has 1 atom stereocenters. The maximum absolute atomic E-state index is 13.3. The number of halogens is 6. The van der Waals surface area contributed by atoms with Gasteiger partial charge in [-0.2, -0.15) is 26.3 Å². The first-order valence-corrected chi connectivity index (χ1v) is 12.0. The molecular weight excluding hydrogens is 446 g/mol. The van der Waals surface area contributed by atoms with Crippen LogP contribution in [-0.2, 0) is 17.1 Å². The molecule has 0 aliphatic heterocycles. The largest absolute Gasteiger partial charge is 0.459 e. The van der Waals surface area contributed by atoms with Gasteiger partial charge in [-0.3, -0.25) is 0 Å². The first-order chi connectivity index (χ1) is 15.5. The zero-order valence-corrected chi connectivity index (χ0v) is 19.6. The zero-order chi connectivity index (χ0) is 24.9. The zero-order valence-electron chi connectivity index (χ0n) is 19.6. The molecule has 1 aromatic carbocycles. The summed E-state index contributed by atoms with van der Waals surface area (Å²) < 4.78 is 84.0. The number of alkyl halides is 6. The van der Waals surface area contributed by atoms with Gasteiger partial charge in [-0.25, -0.2) is 4.79 Å². The van der Waals surface area contributed by atoms with E-state index in [-0.39, 0.29) is 12.1 Å². The smallest absolute Gasteiger partial charge is 0.417 e. The van der Waals surface area contributed by atoms with E-state index in [2.05, 4.69) is 6.92 Å². The van der Waals surface area contributed by atoms with Crippen molar-refractivity contribution in [2.24, 2.45) is 0 Å². The maximum atomic E-state index is 13.3. The van der Waals surface area contributed by atoms with Crippen LogP contribution in [0.3, 0.4) is 0 Å². The van der Waals surface area contributed by atoms with Crippen molar-refractivity contribution in [1.29, 1.82) is 0 Å². The predicted molar refractivity (Wildman–Crippen MR) is 117 cm³/mol. The van der Waals surface area contributed by atoms with Crippen LogP contribution in [0, 0.1) is 0 Å². The Hall–Kier alpha value is -1.73. The van der Waals surface area contributed by atoms with Crippen LogP contribution in [0.25, 0.3) is 0 Å². The van der Waals surface area contributed by atoms with E-state index in [4.69, 9.17) is 4.74 Å². The normalized spacial score (nSPS) is 13.2. The van der Waals surface area contributed by atoms with Crippen molar-refractivity contribution in [3.63, 3.8) is 0 Å². The molecule has 1 rings (SSSR count). The summed E-state index contributed by atoms with van der Waals surface area (Å²) >= 11 is 0. The van der Waals surface area contributed by atoms with E-state index in [9.17, 15) is 31.1 Å². The quantitative estimate of drug-likeness (QED) is 0.141. The van der Waals surface area contributed by atoms with Crippen molar-refractivity contribution in [2.75, 3.05) is 0 Å². The highest BCUT2D eigenvalue weighted by Crippen LogP contribution is 2.37. The first-order valence-electron chi connectivity index (χ1n) is 12.0. The summed E-state index contributed by atoms with van der Waals surface area (Å²) in [7, 11) is 0. The van der Waals surface area contributed by atoms with Gasteiger partial charge in [0.25, 0.3) is 0 Å². The van der Waals surface area contributed by atoms with E-state index in [0.717, 1.165) is 25.7 Å². The Morgan fingerprint density at radius 3 is 1.79 bits per heavy atom. The van der Waals surface area contributed by atoms with E-state index in [1.54, 1.807) is 0 Å². The van der Waals surface area contributed by atoms with Gasteiger partial charge in [0.1, 0.15) is 6.10 Å². The topological polar surface area (TPSA) is 26.3 Å². The summed E-state index contributed by atoms with van der Waals surface area (Å²) in [4.78, 5) is 12.5. The fourth-order valence-corrected chi connectivity index (χ4v) is 3.80. The Kier molecular flexibility index (Phi) is 12.9. The van der Waals surface area contributed by atoms with Crippen LogP contribution in [0.5, 0.6) is 0 Å². The SMILES string of the molecule is CCCCCCCCCCCCC(CCC)OC(=O)c1cc(C(F)(F)F)ccc1C(F)(F)F. The molecule has 0 aliphatic rings. The molecule has 2 nitrogen and oxygen atoms in total. The lowest BCUT2D eigenvalue weighted by atomic mass is 10.0. The summed E-state index contributed by atoms with van der Waals surface area (Å²) in [6.07, 6.45) is 2.34. The number of hydrogen-bond donors (Lipinski definition) is 0. The molecule has 0 fully saturated rings. The fourth-order valence-electron chi connectivity index (χ4n) is 3.80. The molecule has 190 valence electrons. The molecule has 0 N–H and O–H groups in total. The molecule has 1 aromatic rings. The summed E-state index contributed by atoms with van der Waals surface area (Å²) in [5.74, 6) is -1.36. The predicted octanol–water partition coefficient (Wildman–Crippen LogP) is 9.36. The number of carbonyl (C=O) groups excluding carboxylic acids is 1.